The molecule has 0 radical (unpaired) electrons. The van der Waals surface area contributed by atoms with Gasteiger partial charge in [-0.15, -0.1) is 0 Å². The van der Waals surface area contributed by atoms with Crippen LogP contribution in [0.5, 0.6) is 0 Å². The summed E-state index contributed by atoms with van der Waals surface area (Å²) >= 11 is 0. The predicted molar refractivity (Wildman–Crippen MR) is 128 cm³/mol. The Morgan fingerprint density at radius 3 is 0.679 bits per heavy atom. The maximum absolute atomic E-state index is 2.26. The summed E-state index contributed by atoms with van der Waals surface area (Å²) in [6, 6.07) is 0. The average Bonchev–Trinajstić information content (AvgIpc) is 2.71. The van der Waals surface area contributed by atoms with Crippen molar-refractivity contribution in [2.75, 3.05) is 0 Å². The largest absolute Gasteiger partial charge is 0.0845 e. The molecule has 0 aromatic rings. The van der Waals surface area contributed by atoms with E-state index in [4.69, 9.17) is 0 Å². The van der Waals surface area contributed by atoms with Crippen molar-refractivity contribution in [1.82, 2.24) is 0 Å². The van der Waals surface area contributed by atoms with Crippen LogP contribution in [0.15, 0.2) is 134 Å². The summed E-state index contributed by atoms with van der Waals surface area (Å²) in [4.78, 5) is 0. The standard InChI is InChI=1S/C28H34/c1-2-4-6-8-10-12-14-16-18-20-22-24-26-28-27-25-23-21-19-17-15-13-11-9-7-5-3-1/h1-22H,23-28H2. The van der Waals surface area contributed by atoms with Crippen LogP contribution in [-0.4, -0.2) is 0 Å². The third kappa shape index (κ3) is 17.9. The van der Waals surface area contributed by atoms with Crippen LogP contribution in [-0.2, 0) is 0 Å². The fourth-order valence-electron chi connectivity index (χ4n) is 2.38. The Morgan fingerprint density at radius 1 is 0.214 bits per heavy atom. The van der Waals surface area contributed by atoms with E-state index in [2.05, 4.69) is 48.6 Å². The minimum absolute atomic E-state index is 1.17. The SMILES string of the molecule is C1=CC=CC=CC=CC=CC=CCCCCCCC=CC=CC=CC=CC=C1. The topological polar surface area (TPSA) is 0 Å². The molecule has 0 spiro atoms. The Morgan fingerprint density at radius 2 is 0.429 bits per heavy atom. The summed E-state index contributed by atoms with van der Waals surface area (Å²) in [6.45, 7) is 0. The fourth-order valence-corrected chi connectivity index (χ4v) is 2.38. The highest BCUT2D eigenvalue weighted by Gasteiger charge is 1.86. The van der Waals surface area contributed by atoms with Crippen molar-refractivity contribution in [2.24, 2.45) is 0 Å². The highest BCUT2D eigenvalue weighted by Crippen LogP contribution is 2.06. The van der Waals surface area contributed by atoms with Gasteiger partial charge in [0.05, 0.1) is 0 Å². The highest BCUT2D eigenvalue weighted by atomic mass is 13.9. The molecule has 0 amide bonds. The summed E-state index contributed by atoms with van der Waals surface area (Å²) in [5.74, 6) is 0. The van der Waals surface area contributed by atoms with Gasteiger partial charge in [-0.2, -0.15) is 0 Å². The van der Waals surface area contributed by atoms with Crippen LogP contribution in [0.3, 0.4) is 0 Å². The van der Waals surface area contributed by atoms with Crippen molar-refractivity contribution in [3.8, 4) is 0 Å². The second kappa shape index (κ2) is 20.5. The molecule has 0 aromatic heterocycles. The minimum Gasteiger partial charge on any atom is -0.0845 e. The van der Waals surface area contributed by atoms with E-state index in [1.807, 2.05) is 85.1 Å². The summed E-state index contributed by atoms with van der Waals surface area (Å²) in [6.07, 6.45) is 53.0. The Labute approximate surface area is 172 Å². The first kappa shape index (κ1) is 23.2. The molecule has 0 aromatic carbocycles. The monoisotopic (exact) mass is 370 g/mol. The van der Waals surface area contributed by atoms with Crippen molar-refractivity contribution in [1.29, 1.82) is 0 Å². The first-order valence-corrected chi connectivity index (χ1v) is 10.3. The lowest BCUT2D eigenvalue weighted by Gasteiger charge is -1.96. The molecule has 1 aliphatic carbocycles. The lowest BCUT2D eigenvalue weighted by molar-refractivity contribution is 0.652. The van der Waals surface area contributed by atoms with Gasteiger partial charge in [-0.05, 0) is 25.7 Å². The quantitative estimate of drug-likeness (QED) is 0.401. The van der Waals surface area contributed by atoms with E-state index in [1.165, 1.54) is 38.5 Å². The lowest BCUT2D eigenvalue weighted by atomic mass is 10.1. The third-order valence-electron chi connectivity index (χ3n) is 3.87. The van der Waals surface area contributed by atoms with Crippen LogP contribution >= 0.6 is 0 Å². The molecule has 0 fully saturated rings. The molecule has 0 unspecified atom stereocenters. The first-order valence-electron chi connectivity index (χ1n) is 10.3. The van der Waals surface area contributed by atoms with Gasteiger partial charge in [0.2, 0.25) is 0 Å². The molecule has 0 saturated heterocycles. The van der Waals surface area contributed by atoms with Gasteiger partial charge in [-0.1, -0.05) is 147 Å². The third-order valence-corrected chi connectivity index (χ3v) is 3.87. The highest BCUT2D eigenvalue weighted by molar-refractivity contribution is 5.22. The van der Waals surface area contributed by atoms with Gasteiger partial charge in [-0.3, -0.25) is 0 Å². The molecule has 0 heterocycles. The summed E-state index contributed by atoms with van der Waals surface area (Å²) in [7, 11) is 0. The molecule has 0 atom stereocenters. The molecule has 0 heteroatoms. The lowest BCUT2D eigenvalue weighted by Crippen LogP contribution is -1.76. The van der Waals surface area contributed by atoms with Crippen LogP contribution < -0.4 is 0 Å². The molecular weight excluding hydrogens is 336 g/mol. The number of allylic oxidation sites excluding steroid dienone is 22. The van der Waals surface area contributed by atoms with Gasteiger partial charge in [-0.25, -0.2) is 0 Å². The second-order valence-corrected chi connectivity index (χ2v) is 6.31. The Kier molecular flexibility index (Phi) is 16.9. The molecule has 146 valence electrons. The van der Waals surface area contributed by atoms with E-state index in [9.17, 15) is 0 Å². The van der Waals surface area contributed by atoms with Crippen LogP contribution in [0.25, 0.3) is 0 Å². The Bertz CT molecular complexity index is 620. The van der Waals surface area contributed by atoms with Gasteiger partial charge < -0.3 is 0 Å². The molecule has 0 aliphatic heterocycles. The molecular formula is C28H34. The maximum atomic E-state index is 2.26. The zero-order valence-corrected chi connectivity index (χ0v) is 16.9. The van der Waals surface area contributed by atoms with E-state index in [0.717, 1.165) is 0 Å². The molecule has 28 heavy (non-hydrogen) atoms. The average molecular weight is 371 g/mol. The molecule has 0 bridgehead atoms. The molecule has 0 saturated carbocycles. The van der Waals surface area contributed by atoms with Crippen molar-refractivity contribution in [3.05, 3.63) is 134 Å². The van der Waals surface area contributed by atoms with E-state index >= 15 is 0 Å². The minimum atomic E-state index is 1.17. The van der Waals surface area contributed by atoms with E-state index in [1.54, 1.807) is 0 Å². The van der Waals surface area contributed by atoms with Crippen molar-refractivity contribution in [2.45, 2.75) is 38.5 Å². The molecule has 1 aliphatic rings. The second-order valence-electron chi connectivity index (χ2n) is 6.31. The van der Waals surface area contributed by atoms with Crippen LogP contribution in [0.4, 0.5) is 0 Å². The Hall–Kier alpha value is -2.86. The summed E-state index contributed by atoms with van der Waals surface area (Å²) < 4.78 is 0. The van der Waals surface area contributed by atoms with Crippen molar-refractivity contribution < 1.29 is 0 Å². The summed E-state index contributed by atoms with van der Waals surface area (Å²) in [5.41, 5.74) is 0. The maximum Gasteiger partial charge on any atom is -0.0348 e. The van der Waals surface area contributed by atoms with Gasteiger partial charge in [0, 0.05) is 0 Å². The summed E-state index contributed by atoms with van der Waals surface area (Å²) in [5, 5.41) is 0. The number of rotatable bonds is 0. The number of hydrogen-bond donors (Lipinski definition) is 0. The van der Waals surface area contributed by atoms with Gasteiger partial charge >= 0.3 is 0 Å². The van der Waals surface area contributed by atoms with Gasteiger partial charge in [0.25, 0.3) is 0 Å². The van der Waals surface area contributed by atoms with Crippen LogP contribution in [0, 0.1) is 0 Å². The van der Waals surface area contributed by atoms with E-state index in [0.29, 0.717) is 0 Å². The van der Waals surface area contributed by atoms with Gasteiger partial charge in [0.1, 0.15) is 0 Å². The van der Waals surface area contributed by atoms with Crippen molar-refractivity contribution >= 4 is 0 Å². The normalized spacial score (nSPS) is 17.7. The fraction of sp³-hybridized carbons (Fsp3) is 0.214. The van der Waals surface area contributed by atoms with Gasteiger partial charge in [0.15, 0.2) is 0 Å². The van der Waals surface area contributed by atoms with Crippen LogP contribution in [0.2, 0.25) is 0 Å². The smallest absolute Gasteiger partial charge is 0.0348 e. The van der Waals surface area contributed by atoms with Crippen LogP contribution in [0.1, 0.15) is 38.5 Å². The molecule has 1 rings (SSSR count). The Balaban J connectivity index is 2.50. The van der Waals surface area contributed by atoms with E-state index in [-0.39, 0.29) is 0 Å². The van der Waals surface area contributed by atoms with E-state index < -0.39 is 0 Å². The first-order chi connectivity index (χ1) is 14.0. The predicted octanol–water partition coefficient (Wildman–Crippen LogP) is 8.46. The zero-order valence-electron chi connectivity index (χ0n) is 16.9. The molecule has 0 nitrogen and oxygen atoms in total. The number of hydrogen-bond acceptors (Lipinski definition) is 0. The van der Waals surface area contributed by atoms with Crippen molar-refractivity contribution in [3.63, 3.8) is 0 Å². The molecule has 0 N–H and O–H groups in total. The zero-order chi connectivity index (χ0) is 19.8.